The zero-order chi connectivity index (χ0) is 21.8. The average Bonchev–Trinajstić information content (AvgIpc) is 3.38. The van der Waals surface area contributed by atoms with Crippen LogP contribution in [0.15, 0.2) is 47.1 Å². The van der Waals surface area contributed by atoms with Crippen LogP contribution in [0.2, 0.25) is 0 Å². The number of likely N-dealkylation sites (tertiary alicyclic amines) is 2. The summed E-state index contributed by atoms with van der Waals surface area (Å²) < 4.78 is 10.3. The summed E-state index contributed by atoms with van der Waals surface area (Å²) in [6, 6.07) is 10.6. The van der Waals surface area contributed by atoms with Crippen molar-refractivity contribution >= 4 is 17.6 Å². The van der Waals surface area contributed by atoms with Gasteiger partial charge in [0.1, 0.15) is 5.75 Å². The number of carbonyl (C=O) groups is 3. The Hall–Kier alpha value is -3.09. The number of ether oxygens (including phenoxy) is 1. The van der Waals surface area contributed by atoms with Gasteiger partial charge in [-0.25, -0.2) is 0 Å². The van der Waals surface area contributed by atoms with E-state index >= 15 is 0 Å². The van der Waals surface area contributed by atoms with Gasteiger partial charge in [-0.2, -0.15) is 0 Å². The minimum Gasteiger partial charge on any atom is -0.497 e. The molecule has 1 aromatic heterocycles. The van der Waals surface area contributed by atoms with Gasteiger partial charge in [-0.3, -0.25) is 14.4 Å². The monoisotopic (exact) mass is 424 g/mol. The smallest absolute Gasteiger partial charge is 0.289 e. The van der Waals surface area contributed by atoms with Gasteiger partial charge in [-0.05, 0) is 62.1 Å². The van der Waals surface area contributed by atoms with Gasteiger partial charge in [-0.1, -0.05) is 0 Å². The summed E-state index contributed by atoms with van der Waals surface area (Å²) >= 11 is 0. The van der Waals surface area contributed by atoms with Crippen molar-refractivity contribution in [2.75, 3.05) is 33.3 Å². The summed E-state index contributed by atoms with van der Waals surface area (Å²) in [5.74, 6) is 1.13. The second-order valence-corrected chi connectivity index (χ2v) is 8.24. The molecule has 0 bridgehead atoms. The summed E-state index contributed by atoms with van der Waals surface area (Å²) in [6.07, 6.45) is 4.19. The Balaban J connectivity index is 1.25. The van der Waals surface area contributed by atoms with Crippen molar-refractivity contribution in [3.8, 4) is 5.75 Å². The van der Waals surface area contributed by atoms with Crippen molar-refractivity contribution in [3.63, 3.8) is 0 Å². The maximum absolute atomic E-state index is 13.0. The molecule has 4 rings (SSSR count). The first kappa shape index (κ1) is 21.2. The molecule has 7 heteroatoms. The number of nitrogens with zero attached hydrogens (tertiary/aromatic N) is 2. The van der Waals surface area contributed by atoms with Crippen LogP contribution in [0.4, 0.5) is 0 Å². The third kappa shape index (κ3) is 4.65. The third-order valence-corrected chi connectivity index (χ3v) is 6.42. The summed E-state index contributed by atoms with van der Waals surface area (Å²) in [6.45, 7) is 2.33. The molecule has 2 fully saturated rings. The molecule has 3 heterocycles. The zero-order valence-electron chi connectivity index (χ0n) is 17.8. The Labute approximate surface area is 181 Å². The van der Waals surface area contributed by atoms with Gasteiger partial charge in [-0.15, -0.1) is 0 Å². The Morgan fingerprint density at radius 3 is 2.06 bits per heavy atom. The lowest BCUT2D eigenvalue weighted by Gasteiger charge is -2.37. The zero-order valence-corrected chi connectivity index (χ0v) is 17.8. The summed E-state index contributed by atoms with van der Waals surface area (Å²) in [7, 11) is 1.60. The fourth-order valence-electron chi connectivity index (χ4n) is 4.50. The van der Waals surface area contributed by atoms with Crippen molar-refractivity contribution < 1.29 is 23.5 Å². The lowest BCUT2D eigenvalue weighted by atomic mass is 9.87. The van der Waals surface area contributed by atoms with E-state index in [0.29, 0.717) is 63.2 Å². The van der Waals surface area contributed by atoms with Gasteiger partial charge < -0.3 is 19.0 Å². The van der Waals surface area contributed by atoms with Gasteiger partial charge in [0.25, 0.3) is 5.91 Å². The quantitative estimate of drug-likeness (QED) is 0.689. The number of methoxy groups -OCH3 is 1. The number of Topliss-reactive ketones (excluding diaryl/α,β-unsaturated/α-hetero) is 1. The predicted octanol–water partition coefficient (Wildman–Crippen LogP) is 3.26. The fraction of sp³-hybridized carbons (Fsp3) is 0.458. The fourth-order valence-corrected chi connectivity index (χ4v) is 4.50. The average molecular weight is 424 g/mol. The molecular weight excluding hydrogens is 396 g/mol. The van der Waals surface area contributed by atoms with E-state index < -0.39 is 0 Å². The number of rotatable bonds is 5. The minimum absolute atomic E-state index is 0.0507. The molecule has 164 valence electrons. The summed E-state index contributed by atoms with van der Waals surface area (Å²) in [5, 5.41) is 0. The van der Waals surface area contributed by atoms with E-state index in [1.165, 1.54) is 6.26 Å². The van der Waals surface area contributed by atoms with Crippen LogP contribution in [-0.2, 0) is 4.79 Å². The molecule has 2 saturated heterocycles. The van der Waals surface area contributed by atoms with Crippen molar-refractivity contribution in [1.29, 1.82) is 0 Å². The van der Waals surface area contributed by atoms with E-state index in [0.717, 1.165) is 5.75 Å². The number of amides is 2. The van der Waals surface area contributed by atoms with Crippen LogP contribution in [-0.4, -0.2) is 60.7 Å². The van der Waals surface area contributed by atoms with Gasteiger partial charge in [0.2, 0.25) is 5.91 Å². The topological polar surface area (TPSA) is 80.1 Å². The summed E-state index contributed by atoms with van der Waals surface area (Å²) in [5.41, 5.74) is 0.694. The molecule has 0 saturated carbocycles. The number of piperidine rings is 2. The largest absolute Gasteiger partial charge is 0.497 e. The lowest BCUT2D eigenvalue weighted by molar-refractivity contribution is -0.138. The van der Waals surface area contributed by atoms with Crippen LogP contribution in [0.5, 0.6) is 5.75 Å². The van der Waals surface area contributed by atoms with Gasteiger partial charge >= 0.3 is 0 Å². The third-order valence-electron chi connectivity index (χ3n) is 6.42. The first-order chi connectivity index (χ1) is 15.1. The Morgan fingerprint density at radius 2 is 1.48 bits per heavy atom. The van der Waals surface area contributed by atoms with Crippen LogP contribution in [0, 0.1) is 11.8 Å². The molecule has 0 aliphatic carbocycles. The molecule has 0 radical (unpaired) electrons. The lowest BCUT2D eigenvalue weighted by Crippen LogP contribution is -2.47. The van der Waals surface area contributed by atoms with Crippen LogP contribution >= 0.6 is 0 Å². The maximum Gasteiger partial charge on any atom is 0.289 e. The molecule has 2 aliphatic heterocycles. The highest BCUT2D eigenvalue weighted by atomic mass is 16.5. The Morgan fingerprint density at radius 1 is 0.871 bits per heavy atom. The molecule has 2 aromatic rings. The highest BCUT2D eigenvalue weighted by molar-refractivity contribution is 5.98. The van der Waals surface area contributed by atoms with Crippen LogP contribution < -0.4 is 4.74 Å². The van der Waals surface area contributed by atoms with E-state index in [4.69, 9.17) is 9.15 Å². The van der Waals surface area contributed by atoms with Crippen molar-refractivity contribution in [3.05, 3.63) is 54.0 Å². The molecule has 0 N–H and O–H groups in total. The van der Waals surface area contributed by atoms with Crippen LogP contribution in [0.3, 0.4) is 0 Å². The Kier molecular flexibility index (Phi) is 6.39. The second kappa shape index (κ2) is 9.37. The normalized spacial score (nSPS) is 18.1. The highest BCUT2D eigenvalue weighted by Gasteiger charge is 2.34. The molecule has 0 unspecified atom stereocenters. The van der Waals surface area contributed by atoms with Crippen LogP contribution in [0.25, 0.3) is 0 Å². The van der Waals surface area contributed by atoms with Gasteiger partial charge in [0.15, 0.2) is 11.5 Å². The maximum atomic E-state index is 13.0. The number of furan rings is 1. The first-order valence-corrected chi connectivity index (χ1v) is 10.9. The molecule has 1 aromatic carbocycles. The van der Waals surface area contributed by atoms with E-state index in [2.05, 4.69) is 0 Å². The Bertz CT molecular complexity index is 906. The van der Waals surface area contributed by atoms with E-state index in [-0.39, 0.29) is 29.4 Å². The van der Waals surface area contributed by atoms with Gasteiger partial charge in [0.05, 0.1) is 13.4 Å². The molecule has 0 spiro atoms. The predicted molar refractivity (Wildman–Crippen MR) is 114 cm³/mol. The molecule has 2 amide bonds. The van der Waals surface area contributed by atoms with Crippen molar-refractivity contribution in [2.24, 2.45) is 11.8 Å². The first-order valence-electron chi connectivity index (χ1n) is 10.9. The minimum atomic E-state index is -0.117. The number of benzene rings is 1. The van der Waals surface area contributed by atoms with E-state index in [9.17, 15) is 14.4 Å². The highest BCUT2D eigenvalue weighted by Crippen LogP contribution is 2.27. The molecule has 2 aliphatic rings. The SMILES string of the molecule is COc1ccc(C(=O)C2CCN(C(=O)C3CCN(C(=O)c4ccco4)CC3)CC2)cc1. The second-order valence-electron chi connectivity index (χ2n) is 8.24. The molecule has 31 heavy (non-hydrogen) atoms. The van der Waals surface area contributed by atoms with E-state index in [1.54, 1.807) is 48.4 Å². The molecular formula is C24H28N2O5. The van der Waals surface area contributed by atoms with E-state index in [1.807, 2.05) is 4.90 Å². The number of hydrogen-bond acceptors (Lipinski definition) is 5. The number of hydrogen-bond donors (Lipinski definition) is 0. The molecule has 7 nitrogen and oxygen atoms in total. The standard InChI is InChI=1S/C24H28N2O5/c1-30-20-6-4-17(5-7-20)22(27)18-8-12-25(13-9-18)23(28)19-10-14-26(15-11-19)24(29)21-3-2-16-31-21/h2-7,16,18-19H,8-15H2,1H3. The van der Waals surface area contributed by atoms with Crippen LogP contribution in [0.1, 0.15) is 46.6 Å². The number of ketones is 1. The van der Waals surface area contributed by atoms with Crippen molar-refractivity contribution in [2.45, 2.75) is 25.7 Å². The molecule has 0 atom stereocenters. The van der Waals surface area contributed by atoms with Gasteiger partial charge in [0, 0.05) is 43.6 Å². The summed E-state index contributed by atoms with van der Waals surface area (Å²) in [4.78, 5) is 41.8. The number of carbonyl (C=O) groups excluding carboxylic acids is 3. The van der Waals surface area contributed by atoms with Crippen molar-refractivity contribution in [1.82, 2.24) is 9.80 Å².